The first kappa shape index (κ1) is 9.77. The summed E-state index contributed by atoms with van der Waals surface area (Å²) in [6.07, 6.45) is 5.17. The summed E-state index contributed by atoms with van der Waals surface area (Å²) in [6, 6.07) is 5.05. The summed E-state index contributed by atoms with van der Waals surface area (Å²) < 4.78 is 11.0. The Hall–Kier alpha value is -1.22. The number of piperidine rings is 1. The van der Waals surface area contributed by atoms with Crippen LogP contribution in [0.25, 0.3) is 0 Å². The first-order valence-electron chi connectivity index (χ1n) is 6.58. The maximum Gasteiger partial charge on any atom is 0.231 e. The highest BCUT2D eigenvalue weighted by Gasteiger charge is 2.31. The van der Waals surface area contributed by atoms with Gasteiger partial charge in [-0.25, -0.2) is 0 Å². The number of fused-ring (bicyclic) bond motifs is 4. The van der Waals surface area contributed by atoms with Crippen molar-refractivity contribution in [2.45, 2.75) is 31.7 Å². The van der Waals surface area contributed by atoms with E-state index >= 15 is 0 Å². The molecule has 0 radical (unpaired) electrons. The minimum absolute atomic E-state index is 0.382. The quantitative estimate of drug-likeness (QED) is 0.684. The van der Waals surface area contributed by atoms with Gasteiger partial charge in [0.2, 0.25) is 6.79 Å². The van der Waals surface area contributed by atoms with Crippen molar-refractivity contribution in [1.29, 1.82) is 0 Å². The third-order valence-corrected chi connectivity index (χ3v) is 4.28. The van der Waals surface area contributed by atoms with E-state index in [-0.39, 0.29) is 0 Å². The maximum atomic E-state index is 5.50. The third kappa shape index (κ3) is 1.45. The van der Waals surface area contributed by atoms with Crippen LogP contribution in [0.1, 0.15) is 36.4 Å². The fourth-order valence-electron chi connectivity index (χ4n) is 3.40. The molecule has 3 heterocycles. The summed E-state index contributed by atoms with van der Waals surface area (Å²) in [5.74, 6) is 1.88. The van der Waals surface area contributed by atoms with E-state index in [0.717, 1.165) is 17.9 Å². The molecule has 0 N–H and O–H groups in total. The minimum Gasteiger partial charge on any atom is -0.454 e. The van der Waals surface area contributed by atoms with E-state index in [1.54, 1.807) is 0 Å². The van der Waals surface area contributed by atoms with E-state index < -0.39 is 0 Å². The summed E-state index contributed by atoms with van der Waals surface area (Å²) in [4.78, 5) is 2.63. The van der Waals surface area contributed by atoms with Gasteiger partial charge in [0, 0.05) is 12.6 Å². The Kier molecular flexibility index (Phi) is 2.09. The summed E-state index contributed by atoms with van der Waals surface area (Å²) in [5.41, 5.74) is 2.96. The van der Waals surface area contributed by atoms with E-state index in [1.807, 2.05) is 0 Å². The van der Waals surface area contributed by atoms with Gasteiger partial charge in [0.15, 0.2) is 11.5 Å². The third-order valence-electron chi connectivity index (χ3n) is 4.28. The normalized spacial score (nSPS) is 26.5. The summed E-state index contributed by atoms with van der Waals surface area (Å²) >= 11 is 0. The van der Waals surface area contributed by atoms with E-state index in [4.69, 9.17) is 9.47 Å². The molecular weight excluding hydrogens is 214 g/mol. The highest BCUT2D eigenvalue weighted by molar-refractivity contribution is 5.50. The molecule has 0 spiro atoms. The van der Waals surface area contributed by atoms with Crippen molar-refractivity contribution in [1.82, 2.24) is 4.90 Å². The lowest BCUT2D eigenvalue weighted by atomic mass is 9.86. The molecule has 0 bridgehead atoms. The smallest absolute Gasteiger partial charge is 0.231 e. The molecule has 0 aliphatic carbocycles. The zero-order valence-electron chi connectivity index (χ0n) is 9.95. The largest absolute Gasteiger partial charge is 0.454 e. The molecule has 1 fully saturated rings. The average molecular weight is 231 g/mol. The molecule has 1 aromatic rings. The van der Waals surface area contributed by atoms with Gasteiger partial charge in [-0.15, -0.1) is 0 Å². The Morgan fingerprint density at radius 3 is 2.88 bits per heavy atom. The van der Waals surface area contributed by atoms with Gasteiger partial charge in [0.05, 0.1) is 0 Å². The van der Waals surface area contributed by atoms with Crippen LogP contribution in [0.15, 0.2) is 12.1 Å². The minimum atomic E-state index is 0.382. The summed E-state index contributed by atoms with van der Waals surface area (Å²) in [5, 5.41) is 0. The molecule has 1 aromatic carbocycles. The molecule has 4 rings (SSSR count). The monoisotopic (exact) mass is 231 g/mol. The predicted octanol–water partition coefficient (Wildman–Crippen LogP) is 2.50. The number of hydrogen-bond donors (Lipinski definition) is 0. The first-order valence-corrected chi connectivity index (χ1v) is 6.58. The standard InChI is InChI=1S/C14H17NO2/c1-2-5-15-6-4-10-7-13-14(17-9-16-13)8-11(10)12(15)3-1/h7-8,12H,1-6,9H2. The second kappa shape index (κ2) is 3.64. The Bertz CT molecular complexity index is 458. The van der Waals surface area contributed by atoms with Gasteiger partial charge >= 0.3 is 0 Å². The lowest BCUT2D eigenvalue weighted by molar-refractivity contribution is 0.138. The van der Waals surface area contributed by atoms with Crippen LogP contribution in [-0.4, -0.2) is 24.8 Å². The van der Waals surface area contributed by atoms with Crippen LogP contribution in [0.3, 0.4) is 0 Å². The molecule has 90 valence electrons. The maximum absolute atomic E-state index is 5.50. The molecule has 3 heteroatoms. The van der Waals surface area contributed by atoms with Crippen LogP contribution >= 0.6 is 0 Å². The highest BCUT2D eigenvalue weighted by Crippen LogP contribution is 2.43. The number of benzene rings is 1. The van der Waals surface area contributed by atoms with E-state index in [0.29, 0.717) is 12.8 Å². The van der Waals surface area contributed by atoms with Crippen LogP contribution in [-0.2, 0) is 6.42 Å². The SMILES string of the molecule is c1c2c(cc3c1OCO3)C1CCCCN1CC2. The Morgan fingerprint density at radius 2 is 1.94 bits per heavy atom. The first-order chi connectivity index (χ1) is 8.42. The van der Waals surface area contributed by atoms with E-state index in [2.05, 4.69) is 17.0 Å². The molecule has 0 aromatic heterocycles. The summed E-state index contributed by atoms with van der Waals surface area (Å²) in [7, 11) is 0. The molecule has 1 atom stereocenters. The van der Waals surface area contributed by atoms with Crippen molar-refractivity contribution in [2.75, 3.05) is 19.9 Å². The van der Waals surface area contributed by atoms with Crippen LogP contribution in [0.2, 0.25) is 0 Å². The molecule has 3 aliphatic rings. The lowest BCUT2D eigenvalue weighted by Crippen LogP contribution is -2.38. The number of ether oxygens (including phenoxy) is 2. The van der Waals surface area contributed by atoms with Gasteiger partial charge in [-0.1, -0.05) is 6.42 Å². The van der Waals surface area contributed by atoms with Gasteiger partial charge < -0.3 is 9.47 Å². The molecule has 1 saturated heterocycles. The van der Waals surface area contributed by atoms with Gasteiger partial charge in [-0.2, -0.15) is 0 Å². The molecular formula is C14H17NO2. The molecule has 3 nitrogen and oxygen atoms in total. The fourth-order valence-corrected chi connectivity index (χ4v) is 3.40. The molecule has 17 heavy (non-hydrogen) atoms. The zero-order valence-corrected chi connectivity index (χ0v) is 9.95. The number of rotatable bonds is 0. The van der Waals surface area contributed by atoms with Crippen LogP contribution < -0.4 is 9.47 Å². The van der Waals surface area contributed by atoms with Crippen molar-refractivity contribution in [3.8, 4) is 11.5 Å². The van der Waals surface area contributed by atoms with Crippen molar-refractivity contribution < 1.29 is 9.47 Å². The molecule has 0 amide bonds. The Labute approximate surface area is 101 Å². The predicted molar refractivity (Wildman–Crippen MR) is 64.4 cm³/mol. The Balaban J connectivity index is 1.79. The Morgan fingerprint density at radius 1 is 1.06 bits per heavy atom. The second-order valence-electron chi connectivity index (χ2n) is 5.20. The van der Waals surface area contributed by atoms with E-state index in [9.17, 15) is 0 Å². The fraction of sp³-hybridized carbons (Fsp3) is 0.571. The van der Waals surface area contributed by atoms with Gasteiger partial charge in [0.25, 0.3) is 0 Å². The topological polar surface area (TPSA) is 21.7 Å². The van der Waals surface area contributed by atoms with Crippen molar-refractivity contribution in [3.63, 3.8) is 0 Å². The van der Waals surface area contributed by atoms with Crippen molar-refractivity contribution >= 4 is 0 Å². The van der Waals surface area contributed by atoms with Gasteiger partial charge in [0.1, 0.15) is 0 Å². The zero-order chi connectivity index (χ0) is 11.2. The molecule has 1 unspecified atom stereocenters. The lowest BCUT2D eigenvalue weighted by Gasteiger charge is -2.40. The van der Waals surface area contributed by atoms with E-state index in [1.165, 1.54) is 43.5 Å². The highest BCUT2D eigenvalue weighted by atomic mass is 16.7. The average Bonchev–Trinajstić information content (AvgIpc) is 2.83. The molecule has 3 aliphatic heterocycles. The van der Waals surface area contributed by atoms with Crippen molar-refractivity contribution in [3.05, 3.63) is 23.3 Å². The number of hydrogen-bond acceptors (Lipinski definition) is 3. The second-order valence-corrected chi connectivity index (χ2v) is 5.20. The van der Waals surface area contributed by atoms with Gasteiger partial charge in [-0.3, -0.25) is 4.90 Å². The van der Waals surface area contributed by atoms with Gasteiger partial charge in [-0.05, 0) is 49.1 Å². The van der Waals surface area contributed by atoms with Crippen LogP contribution in [0.5, 0.6) is 11.5 Å². The summed E-state index contributed by atoms with van der Waals surface area (Å²) in [6.45, 7) is 2.85. The van der Waals surface area contributed by atoms with Crippen molar-refractivity contribution in [2.24, 2.45) is 0 Å². The number of nitrogens with zero attached hydrogens (tertiary/aromatic N) is 1. The molecule has 0 saturated carbocycles. The van der Waals surface area contributed by atoms with Crippen LogP contribution in [0.4, 0.5) is 0 Å². The van der Waals surface area contributed by atoms with Crippen LogP contribution in [0, 0.1) is 0 Å².